The number of hydrogen-bond donors (Lipinski definition) is 0. The van der Waals surface area contributed by atoms with Gasteiger partial charge in [0.1, 0.15) is 0 Å². The molecule has 0 unspecified atom stereocenters. The Hall–Kier alpha value is -1.48. The van der Waals surface area contributed by atoms with Crippen LogP contribution in [0.1, 0.15) is 20.8 Å². The molecular weight excluding hydrogens is 263 g/mol. The summed E-state index contributed by atoms with van der Waals surface area (Å²) in [5.41, 5.74) is 0. The molecule has 0 aromatic carbocycles. The third-order valence-corrected chi connectivity index (χ3v) is 1.51. The van der Waals surface area contributed by atoms with E-state index < -0.39 is 25.7 Å². The van der Waals surface area contributed by atoms with E-state index in [1.165, 1.54) is 0 Å². The zero-order valence-electron chi connectivity index (χ0n) is 9.03. The summed E-state index contributed by atoms with van der Waals surface area (Å²) < 4.78 is 23.1. The van der Waals surface area contributed by atoms with E-state index in [-0.39, 0.29) is 0 Å². The molecule has 0 saturated carbocycles. The molecule has 0 saturated heterocycles. The minimum Gasteiger partial charge on any atom is -0.288 e. The Morgan fingerprint density at radius 1 is 0.706 bits per heavy atom. The van der Waals surface area contributed by atoms with Crippen molar-refractivity contribution in [3.05, 3.63) is 0 Å². The van der Waals surface area contributed by atoms with Gasteiger partial charge in [0.25, 0.3) is 0 Å². The molecule has 0 aromatic heterocycles. The van der Waals surface area contributed by atoms with E-state index in [2.05, 4.69) is 28.7 Å². The van der Waals surface area contributed by atoms with Gasteiger partial charge in [0.2, 0.25) is 0 Å². The van der Waals surface area contributed by atoms with Crippen LogP contribution < -0.4 is 0 Å². The molecule has 0 radical (unpaired) electrons. The average Bonchev–Trinajstić information content (AvgIpc) is 2.21. The highest BCUT2D eigenvalue weighted by atomic mass is 31.2. The van der Waals surface area contributed by atoms with Gasteiger partial charge in [0.05, 0.1) is 0 Å². The van der Waals surface area contributed by atoms with E-state index in [1.54, 1.807) is 0 Å². The maximum atomic E-state index is 11.4. The number of carbonyl (C=O) groups is 3. The van der Waals surface area contributed by atoms with Gasteiger partial charge in [-0.3, -0.25) is 14.7 Å². The van der Waals surface area contributed by atoms with Crippen LogP contribution in [0, 0.1) is 0 Å². The normalized spacial score (nSPS) is 10.5. The molecule has 0 bridgehead atoms. The van der Waals surface area contributed by atoms with Gasteiger partial charge >= 0.3 is 25.7 Å². The fourth-order valence-corrected chi connectivity index (χ4v) is 0.995. The smallest absolute Gasteiger partial charge is 0.288 e. The monoisotopic (exact) mass is 272 g/mol. The summed E-state index contributed by atoms with van der Waals surface area (Å²) in [7, 11) is -4.71. The molecule has 10 nitrogen and oxygen atoms in total. The van der Waals surface area contributed by atoms with Crippen LogP contribution in [-0.4, -0.2) is 17.9 Å². The zero-order chi connectivity index (χ0) is 13.5. The van der Waals surface area contributed by atoms with Crippen LogP contribution in [0.5, 0.6) is 0 Å². The Balaban J connectivity index is 4.44. The minimum absolute atomic E-state index is 0.919. The topological polar surface area (TPSA) is 124 Å². The Bertz CT molecular complexity index is 296. The molecule has 17 heavy (non-hydrogen) atoms. The largest absolute Gasteiger partial charge is 0.584 e. The predicted molar refractivity (Wildman–Crippen MR) is 46.2 cm³/mol. The van der Waals surface area contributed by atoms with Crippen molar-refractivity contribution < 1.29 is 47.6 Å². The summed E-state index contributed by atoms with van der Waals surface area (Å²) in [6.07, 6.45) is 0. The lowest BCUT2D eigenvalue weighted by molar-refractivity contribution is -0.294. The van der Waals surface area contributed by atoms with Crippen molar-refractivity contribution in [2.24, 2.45) is 0 Å². The quantitative estimate of drug-likeness (QED) is 0.385. The van der Waals surface area contributed by atoms with Gasteiger partial charge in [-0.05, 0) is 0 Å². The van der Waals surface area contributed by atoms with E-state index in [0.717, 1.165) is 20.8 Å². The van der Waals surface area contributed by atoms with Crippen LogP contribution in [0.4, 0.5) is 0 Å². The van der Waals surface area contributed by atoms with Crippen molar-refractivity contribution >= 4 is 25.7 Å². The van der Waals surface area contributed by atoms with E-state index >= 15 is 0 Å². The highest BCUT2D eigenvalue weighted by molar-refractivity contribution is 7.48. The van der Waals surface area contributed by atoms with Crippen molar-refractivity contribution in [2.45, 2.75) is 20.8 Å². The van der Waals surface area contributed by atoms with Crippen molar-refractivity contribution in [1.82, 2.24) is 0 Å². The van der Waals surface area contributed by atoms with E-state index in [4.69, 9.17) is 0 Å². The van der Waals surface area contributed by atoms with E-state index in [0.29, 0.717) is 0 Å². The first-order valence-electron chi connectivity index (χ1n) is 3.96. The lowest BCUT2D eigenvalue weighted by atomic mass is 10.9. The first-order valence-corrected chi connectivity index (χ1v) is 5.42. The fourth-order valence-electron chi connectivity index (χ4n) is 0.332. The molecule has 0 N–H and O–H groups in total. The molecule has 0 rings (SSSR count). The first-order chi connectivity index (χ1) is 7.75. The first kappa shape index (κ1) is 15.5. The third kappa shape index (κ3) is 8.34. The maximum absolute atomic E-state index is 11.4. The summed E-state index contributed by atoms with van der Waals surface area (Å²) >= 11 is 0. The SMILES string of the molecule is CC(=O)OOP(=O)(OOC(C)=O)OOC(C)=O. The third-order valence-electron chi connectivity index (χ3n) is 0.738. The molecule has 0 fully saturated rings. The fraction of sp³-hybridized carbons (Fsp3) is 0.500. The van der Waals surface area contributed by atoms with Crippen LogP contribution in [0.15, 0.2) is 0 Å². The van der Waals surface area contributed by atoms with Gasteiger partial charge in [-0.15, -0.1) is 0 Å². The van der Waals surface area contributed by atoms with E-state index in [9.17, 15) is 18.9 Å². The average molecular weight is 272 g/mol. The van der Waals surface area contributed by atoms with Gasteiger partial charge in [0, 0.05) is 20.8 Å². The molecule has 0 heterocycles. The Morgan fingerprint density at radius 2 is 0.941 bits per heavy atom. The van der Waals surface area contributed by atoms with Crippen LogP contribution in [-0.2, 0) is 47.6 Å². The van der Waals surface area contributed by atoms with Gasteiger partial charge in [0.15, 0.2) is 0 Å². The molecule has 0 aliphatic carbocycles. The highest BCUT2D eigenvalue weighted by Crippen LogP contribution is 2.50. The Morgan fingerprint density at radius 3 is 1.12 bits per heavy atom. The van der Waals surface area contributed by atoms with Crippen molar-refractivity contribution in [3.63, 3.8) is 0 Å². The van der Waals surface area contributed by atoms with Crippen molar-refractivity contribution in [2.75, 3.05) is 0 Å². The second-order valence-electron chi connectivity index (χ2n) is 2.40. The predicted octanol–water partition coefficient (Wildman–Crippen LogP) is 0.579. The molecule has 0 aliphatic rings. The van der Waals surface area contributed by atoms with Gasteiger partial charge < -0.3 is 0 Å². The second kappa shape index (κ2) is 6.97. The number of phosphoric acid groups is 1. The molecule has 0 aliphatic heterocycles. The van der Waals surface area contributed by atoms with Crippen LogP contribution in [0.2, 0.25) is 0 Å². The van der Waals surface area contributed by atoms with Crippen LogP contribution >= 0.6 is 7.82 Å². The Kier molecular flexibility index (Phi) is 6.36. The second-order valence-corrected chi connectivity index (χ2v) is 3.74. The Labute approximate surface area is 95.1 Å². The zero-order valence-corrected chi connectivity index (χ0v) is 9.92. The molecular formula is C6H9O10P. The summed E-state index contributed by atoms with van der Waals surface area (Å²) in [4.78, 5) is 42.6. The lowest BCUT2D eigenvalue weighted by Crippen LogP contribution is -2.08. The maximum Gasteiger partial charge on any atom is 0.584 e. The van der Waals surface area contributed by atoms with Gasteiger partial charge in [-0.1, -0.05) is 14.0 Å². The van der Waals surface area contributed by atoms with Crippen molar-refractivity contribution in [3.8, 4) is 0 Å². The number of carbonyl (C=O) groups excluding carboxylic acids is 3. The molecule has 0 amide bonds. The summed E-state index contributed by atoms with van der Waals surface area (Å²) in [5, 5.41) is 0. The summed E-state index contributed by atoms with van der Waals surface area (Å²) in [6.45, 7) is 2.76. The molecule has 0 aromatic rings. The molecule has 98 valence electrons. The number of hydrogen-bond acceptors (Lipinski definition) is 10. The summed E-state index contributed by atoms with van der Waals surface area (Å²) in [5.74, 6) is -2.99. The minimum atomic E-state index is -4.71. The highest BCUT2D eigenvalue weighted by Gasteiger charge is 2.36. The van der Waals surface area contributed by atoms with Gasteiger partial charge in [-0.25, -0.2) is 18.9 Å². The van der Waals surface area contributed by atoms with Crippen LogP contribution in [0.25, 0.3) is 0 Å². The van der Waals surface area contributed by atoms with E-state index in [1.807, 2.05) is 0 Å². The molecule has 11 heteroatoms. The molecule has 0 atom stereocenters. The number of rotatable bonds is 6. The van der Waals surface area contributed by atoms with Crippen LogP contribution in [0.3, 0.4) is 0 Å². The molecule has 0 spiro atoms. The standard InChI is InChI=1S/C6H9O10P/c1-4(7)11-14-17(10,15-12-5(2)8)16-13-6(3)9/h1-3H3. The summed E-state index contributed by atoms with van der Waals surface area (Å²) in [6, 6.07) is 0. The van der Waals surface area contributed by atoms with Gasteiger partial charge in [-0.2, -0.15) is 0 Å². The lowest BCUT2D eigenvalue weighted by Gasteiger charge is -2.11. The van der Waals surface area contributed by atoms with Crippen molar-refractivity contribution in [1.29, 1.82) is 0 Å².